The van der Waals surface area contributed by atoms with Crippen LogP contribution in [0.4, 0.5) is 13.2 Å². The lowest BCUT2D eigenvalue weighted by atomic mass is 10.1. The van der Waals surface area contributed by atoms with Crippen LogP contribution in [-0.4, -0.2) is 5.91 Å². The molecule has 0 unspecified atom stereocenters. The Bertz CT molecular complexity index is 636. The minimum atomic E-state index is -4.36. The highest BCUT2D eigenvalue weighted by Crippen LogP contribution is 2.29. The summed E-state index contributed by atoms with van der Waals surface area (Å²) in [4.78, 5) is 11.2. The first-order valence-corrected chi connectivity index (χ1v) is 6.05. The lowest BCUT2D eigenvalue weighted by molar-refractivity contribution is -0.137. The van der Waals surface area contributed by atoms with E-state index in [1.807, 2.05) is 0 Å². The number of rotatable bonds is 4. The number of halogens is 3. The van der Waals surface area contributed by atoms with Crippen molar-refractivity contribution in [3.63, 3.8) is 0 Å². The van der Waals surface area contributed by atoms with E-state index in [-0.39, 0.29) is 12.2 Å². The van der Waals surface area contributed by atoms with Gasteiger partial charge in [-0.3, -0.25) is 4.79 Å². The molecule has 2 aromatic carbocycles. The van der Waals surface area contributed by atoms with Gasteiger partial charge in [0.1, 0.15) is 12.4 Å². The summed E-state index contributed by atoms with van der Waals surface area (Å²) in [6.07, 6.45) is -4.36. The Morgan fingerprint density at radius 2 is 1.67 bits per heavy atom. The van der Waals surface area contributed by atoms with Gasteiger partial charge in [0.2, 0.25) is 0 Å². The summed E-state index contributed by atoms with van der Waals surface area (Å²) in [7, 11) is 0. The van der Waals surface area contributed by atoms with E-state index in [1.54, 1.807) is 18.2 Å². The molecule has 0 aliphatic rings. The van der Waals surface area contributed by atoms with Gasteiger partial charge < -0.3 is 10.5 Å². The number of nitrogens with two attached hydrogens (primary N) is 1. The topological polar surface area (TPSA) is 52.3 Å². The van der Waals surface area contributed by atoms with Crippen molar-refractivity contribution in [2.45, 2.75) is 12.8 Å². The van der Waals surface area contributed by atoms with E-state index in [9.17, 15) is 18.0 Å². The van der Waals surface area contributed by atoms with Gasteiger partial charge in [0, 0.05) is 0 Å². The lowest BCUT2D eigenvalue weighted by Gasteiger charge is -2.10. The molecule has 0 heterocycles. The maximum atomic E-state index is 12.4. The second kappa shape index (κ2) is 5.87. The first-order valence-electron chi connectivity index (χ1n) is 6.05. The summed E-state index contributed by atoms with van der Waals surface area (Å²) in [5.41, 5.74) is 5.27. The average molecular weight is 295 g/mol. The van der Waals surface area contributed by atoms with E-state index in [2.05, 4.69) is 0 Å². The molecule has 3 nitrogen and oxygen atoms in total. The Hall–Kier alpha value is -2.50. The van der Waals surface area contributed by atoms with Crippen molar-refractivity contribution in [2.24, 2.45) is 5.73 Å². The molecule has 110 valence electrons. The maximum absolute atomic E-state index is 12.4. The highest BCUT2D eigenvalue weighted by molar-refractivity contribution is 5.95. The number of hydrogen-bond donors (Lipinski definition) is 1. The zero-order valence-electron chi connectivity index (χ0n) is 10.9. The second-order valence-corrected chi connectivity index (χ2v) is 4.34. The fourth-order valence-corrected chi connectivity index (χ4v) is 1.75. The number of ether oxygens (including phenoxy) is 1. The van der Waals surface area contributed by atoms with Crippen LogP contribution in [0.2, 0.25) is 0 Å². The Balaban J connectivity index is 2.09. The van der Waals surface area contributed by atoms with Crippen molar-refractivity contribution in [3.8, 4) is 5.75 Å². The highest BCUT2D eigenvalue weighted by atomic mass is 19.4. The zero-order valence-corrected chi connectivity index (χ0v) is 10.9. The molecule has 0 fully saturated rings. The SMILES string of the molecule is NC(=O)c1ccccc1OCc1ccc(C(F)(F)F)cc1. The molecule has 0 saturated carbocycles. The normalized spacial score (nSPS) is 11.2. The first-order chi connectivity index (χ1) is 9.88. The smallest absolute Gasteiger partial charge is 0.416 e. The minimum Gasteiger partial charge on any atom is -0.488 e. The number of amides is 1. The van der Waals surface area contributed by atoms with Gasteiger partial charge in [-0.15, -0.1) is 0 Å². The van der Waals surface area contributed by atoms with E-state index in [0.29, 0.717) is 11.3 Å². The summed E-state index contributed by atoms with van der Waals surface area (Å²) < 4.78 is 42.7. The van der Waals surface area contributed by atoms with Crippen LogP contribution in [0.3, 0.4) is 0 Å². The second-order valence-electron chi connectivity index (χ2n) is 4.34. The number of carbonyl (C=O) groups is 1. The van der Waals surface area contributed by atoms with Crippen molar-refractivity contribution in [2.75, 3.05) is 0 Å². The van der Waals surface area contributed by atoms with Crippen LogP contribution in [0.1, 0.15) is 21.5 Å². The van der Waals surface area contributed by atoms with E-state index in [4.69, 9.17) is 10.5 Å². The molecule has 0 atom stereocenters. The predicted octanol–water partition coefficient (Wildman–Crippen LogP) is 3.38. The summed E-state index contributed by atoms with van der Waals surface area (Å²) in [5.74, 6) is -0.331. The predicted molar refractivity (Wildman–Crippen MR) is 70.7 cm³/mol. The quantitative estimate of drug-likeness (QED) is 0.940. The third kappa shape index (κ3) is 3.75. The van der Waals surface area contributed by atoms with Crippen LogP contribution in [0.25, 0.3) is 0 Å². The zero-order chi connectivity index (χ0) is 15.5. The van der Waals surface area contributed by atoms with Crippen LogP contribution in [0.5, 0.6) is 5.75 Å². The molecule has 0 aliphatic carbocycles. The van der Waals surface area contributed by atoms with Crippen molar-refractivity contribution >= 4 is 5.91 Å². The number of carbonyl (C=O) groups excluding carboxylic acids is 1. The highest BCUT2D eigenvalue weighted by Gasteiger charge is 2.29. The molecule has 2 rings (SSSR count). The van der Waals surface area contributed by atoms with Crippen LogP contribution in [-0.2, 0) is 12.8 Å². The molecule has 6 heteroatoms. The van der Waals surface area contributed by atoms with Crippen molar-refractivity contribution in [1.29, 1.82) is 0 Å². The summed E-state index contributed by atoms with van der Waals surface area (Å²) in [6.45, 7) is 0.0441. The fourth-order valence-electron chi connectivity index (χ4n) is 1.75. The third-order valence-electron chi connectivity index (χ3n) is 2.83. The van der Waals surface area contributed by atoms with Crippen molar-refractivity contribution in [1.82, 2.24) is 0 Å². The van der Waals surface area contributed by atoms with E-state index >= 15 is 0 Å². The summed E-state index contributed by atoms with van der Waals surface area (Å²) in [6, 6.07) is 11.0. The Morgan fingerprint density at radius 3 is 2.24 bits per heavy atom. The molecule has 1 amide bonds. The molecule has 2 N–H and O–H groups in total. The number of primary amides is 1. The molecule has 0 radical (unpaired) electrons. The molecule has 2 aromatic rings. The summed E-state index contributed by atoms with van der Waals surface area (Å²) >= 11 is 0. The van der Waals surface area contributed by atoms with Gasteiger partial charge in [-0.2, -0.15) is 13.2 Å². The summed E-state index contributed by atoms with van der Waals surface area (Å²) in [5, 5.41) is 0. The van der Waals surface area contributed by atoms with Crippen LogP contribution < -0.4 is 10.5 Å². The van der Waals surface area contributed by atoms with Gasteiger partial charge in [0.25, 0.3) is 5.91 Å². The molecular weight excluding hydrogens is 283 g/mol. The monoisotopic (exact) mass is 295 g/mol. The third-order valence-corrected chi connectivity index (χ3v) is 2.83. The fraction of sp³-hybridized carbons (Fsp3) is 0.133. The maximum Gasteiger partial charge on any atom is 0.416 e. The van der Waals surface area contributed by atoms with Crippen LogP contribution in [0, 0.1) is 0 Å². The van der Waals surface area contributed by atoms with Crippen molar-refractivity contribution < 1.29 is 22.7 Å². The van der Waals surface area contributed by atoms with Crippen LogP contribution >= 0.6 is 0 Å². The molecular formula is C15H12F3NO2. The lowest BCUT2D eigenvalue weighted by Crippen LogP contribution is -2.13. The van der Waals surface area contributed by atoms with Gasteiger partial charge in [0.15, 0.2) is 0 Å². The Morgan fingerprint density at radius 1 is 1.05 bits per heavy atom. The standard InChI is InChI=1S/C15H12F3NO2/c16-15(17,18)11-7-5-10(6-8-11)9-21-13-4-2-1-3-12(13)14(19)20/h1-8H,9H2,(H2,19,20). The van der Waals surface area contributed by atoms with Gasteiger partial charge in [-0.05, 0) is 29.8 Å². The molecule has 0 aliphatic heterocycles. The molecule has 0 saturated heterocycles. The van der Waals surface area contributed by atoms with Crippen LogP contribution in [0.15, 0.2) is 48.5 Å². The largest absolute Gasteiger partial charge is 0.488 e. The van der Waals surface area contributed by atoms with Gasteiger partial charge in [0.05, 0.1) is 11.1 Å². The average Bonchev–Trinajstić information content (AvgIpc) is 2.45. The van der Waals surface area contributed by atoms with E-state index in [0.717, 1.165) is 12.1 Å². The Labute approximate surface area is 119 Å². The molecule has 21 heavy (non-hydrogen) atoms. The van der Waals surface area contributed by atoms with Gasteiger partial charge in [-0.25, -0.2) is 0 Å². The molecule has 0 aromatic heterocycles. The number of alkyl halides is 3. The first kappa shape index (κ1) is 14.9. The molecule has 0 bridgehead atoms. The number of hydrogen-bond acceptors (Lipinski definition) is 2. The van der Waals surface area contributed by atoms with Crippen molar-refractivity contribution in [3.05, 3.63) is 65.2 Å². The van der Waals surface area contributed by atoms with E-state index < -0.39 is 17.6 Å². The van der Waals surface area contributed by atoms with Gasteiger partial charge >= 0.3 is 6.18 Å². The Kier molecular flexibility index (Phi) is 4.16. The number of para-hydroxylation sites is 1. The number of benzene rings is 2. The minimum absolute atomic E-state index is 0.0441. The van der Waals surface area contributed by atoms with E-state index in [1.165, 1.54) is 18.2 Å². The van der Waals surface area contributed by atoms with Gasteiger partial charge in [-0.1, -0.05) is 24.3 Å². The molecule has 0 spiro atoms.